The van der Waals surface area contributed by atoms with Gasteiger partial charge in [-0.25, -0.2) is 4.52 Å². The molecule has 0 aromatic carbocycles. The number of rotatable bonds is 6. The predicted molar refractivity (Wildman–Crippen MR) is 69.4 cm³/mol. The third-order valence-electron chi connectivity index (χ3n) is 2.61. The average molecular weight is 233 g/mol. The van der Waals surface area contributed by atoms with Crippen molar-refractivity contribution in [3.05, 3.63) is 23.9 Å². The summed E-state index contributed by atoms with van der Waals surface area (Å²) in [6.07, 6.45) is 1.07. The van der Waals surface area contributed by atoms with Crippen molar-refractivity contribution in [1.82, 2.24) is 19.9 Å². The first-order valence-electron chi connectivity index (χ1n) is 6.08. The maximum absolute atomic E-state index is 4.41. The van der Waals surface area contributed by atoms with E-state index in [1.165, 1.54) is 0 Å². The van der Waals surface area contributed by atoms with E-state index in [-0.39, 0.29) is 0 Å². The summed E-state index contributed by atoms with van der Waals surface area (Å²) in [5.41, 5.74) is 1.98. The van der Waals surface area contributed by atoms with E-state index in [1.54, 1.807) is 0 Å². The Morgan fingerprint density at radius 3 is 2.94 bits per heavy atom. The Labute approximate surface area is 101 Å². The molecule has 5 nitrogen and oxygen atoms in total. The van der Waals surface area contributed by atoms with Crippen LogP contribution in [0.1, 0.15) is 19.0 Å². The molecule has 0 atom stereocenters. The number of aryl methyl sites for hydroxylation is 1. The second kappa shape index (κ2) is 5.63. The Morgan fingerprint density at radius 1 is 1.29 bits per heavy atom. The van der Waals surface area contributed by atoms with Crippen molar-refractivity contribution >= 4 is 11.6 Å². The Morgan fingerprint density at radius 2 is 2.18 bits per heavy atom. The highest BCUT2D eigenvalue weighted by atomic mass is 15.3. The van der Waals surface area contributed by atoms with E-state index in [1.807, 2.05) is 29.6 Å². The summed E-state index contributed by atoms with van der Waals surface area (Å²) in [6, 6.07) is 5.98. The molecule has 0 radical (unpaired) electrons. The number of hydrogen-bond acceptors (Lipinski definition) is 4. The molecule has 2 heterocycles. The molecule has 17 heavy (non-hydrogen) atoms. The molecule has 0 aliphatic carbocycles. The van der Waals surface area contributed by atoms with E-state index >= 15 is 0 Å². The smallest absolute Gasteiger partial charge is 0.243 e. The summed E-state index contributed by atoms with van der Waals surface area (Å²) >= 11 is 0. The lowest BCUT2D eigenvalue weighted by Crippen LogP contribution is -2.17. The van der Waals surface area contributed by atoms with Gasteiger partial charge in [-0.2, -0.15) is 4.98 Å². The zero-order valence-corrected chi connectivity index (χ0v) is 10.4. The van der Waals surface area contributed by atoms with Crippen LogP contribution >= 0.6 is 0 Å². The van der Waals surface area contributed by atoms with Gasteiger partial charge in [0.2, 0.25) is 5.95 Å². The number of pyridine rings is 1. The molecule has 0 saturated heterocycles. The lowest BCUT2D eigenvalue weighted by atomic mass is 10.4. The number of nitrogens with zero attached hydrogens (tertiary/aromatic N) is 3. The van der Waals surface area contributed by atoms with Crippen LogP contribution in [0.15, 0.2) is 18.2 Å². The first-order valence-corrected chi connectivity index (χ1v) is 6.08. The van der Waals surface area contributed by atoms with E-state index < -0.39 is 0 Å². The quantitative estimate of drug-likeness (QED) is 0.741. The van der Waals surface area contributed by atoms with Gasteiger partial charge in [0.15, 0.2) is 5.65 Å². The minimum Gasteiger partial charge on any atom is -0.353 e. The highest BCUT2D eigenvalue weighted by Gasteiger charge is 2.03. The Hall–Kier alpha value is -1.62. The molecule has 0 unspecified atom stereocenters. The van der Waals surface area contributed by atoms with Gasteiger partial charge in [0.25, 0.3) is 0 Å². The number of fused-ring (bicyclic) bond motifs is 1. The second-order valence-corrected chi connectivity index (χ2v) is 4.01. The van der Waals surface area contributed by atoms with Crippen LogP contribution in [0.5, 0.6) is 0 Å². The normalized spacial score (nSPS) is 10.9. The van der Waals surface area contributed by atoms with Crippen LogP contribution in [-0.2, 0) is 0 Å². The minimum atomic E-state index is 0.704. The number of aromatic nitrogens is 3. The SMILES string of the molecule is CCNCCCNc1nc2cccc(C)n2n1. The highest BCUT2D eigenvalue weighted by molar-refractivity contribution is 5.44. The highest BCUT2D eigenvalue weighted by Crippen LogP contribution is 2.07. The van der Waals surface area contributed by atoms with E-state index in [2.05, 4.69) is 27.6 Å². The molecule has 0 fully saturated rings. The zero-order valence-electron chi connectivity index (χ0n) is 10.4. The fourth-order valence-electron chi connectivity index (χ4n) is 1.70. The average Bonchev–Trinajstić information content (AvgIpc) is 2.73. The van der Waals surface area contributed by atoms with Gasteiger partial charge < -0.3 is 10.6 Å². The largest absolute Gasteiger partial charge is 0.353 e. The van der Waals surface area contributed by atoms with E-state index in [4.69, 9.17) is 0 Å². The van der Waals surface area contributed by atoms with Crippen LogP contribution in [0.25, 0.3) is 5.65 Å². The molecular formula is C12H19N5. The summed E-state index contributed by atoms with van der Waals surface area (Å²) < 4.78 is 1.85. The van der Waals surface area contributed by atoms with Crippen molar-refractivity contribution in [3.63, 3.8) is 0 Å². The first kappa shape index (κ1) is 11.9. The maximum atomic E-state index is 4.41. The molecule has 92 valence electrons. The van der Waals surface area contributed by atoms with E-state index in [9.17, 15) is 0 Å². The maximum Gasteiger partial charge on any atom is 0.243 e. The standard InChI is InChI=1S/C12H19N5/c1-3-13-8-5-9-14-12-15-11-7-4-6-10(2)17(11)16-12/h4,6-7,13H,3,5,8-9H2,1-2H3,(H,14,16). The molecule has 2 rings (SSSR count). The van der Waals surface area contributed by atoms with Gasteiger partial charge in [-0.1, -0.05) is 13.0 Å². The van der Waals surface area contributed by atoms with Crippen LogP contribution in [0.2, 0.25) is 0 Å². The first-order chi connectivity index (χ1) is 8.31. The predicted octanol–water partition coefficient (Wildman–Crippen LogP) is 1.45. The monoisotopic (exact) mass is 233 g/mol. The topological polar surface area (TPSA) is 54.2 Å². The van der Waals surface area contributed by atoms with Crippen LogP contribution in [0.4, 0.5) is 5.95 Å². The second-order valence-electron chi connectivity index (χ2n) is 4.01. The molecule has 2 aromatic heterocycles. The van der Waals surface area contributed by atoms with Gasteiger partial charge in [0.05, 0.1) is 0 Å². The molecule has 0 spiro atoms. The zero-order chi connectivity index (χ0) is 12.1. The van der Waals surface area contributed by atoms with Crippen molar-refractivity contribution < 1.29 is 0 Å². The Balaban J connectivity index is 1.93. The summed E-state index contributed by atoms with van der Waals surface area (Å²) in [5.74, 6) is 0.704. The van der Waals surface area contributed by atoms with Gasteiger partial charge in [-0.05, 0) is 38.6 Å². The number of nitrogens with one attached hydrogen (secondary N) is 2. The van der Waals surface area contributed by atoms with Gasteiger partial charge >= 0.3 is 0 Å². The third-order valence-corrected chi connectivity index (χ3v) is 2.61. The summed E-state index contributed by atoms with van der Waals surface area (Å²) in [5, 5.41) is 10.9. The van der Waals surface area contributed by atoms with Gasteiger partial charge in [0, 0.05) is 12.2 Å². The Bertz CT molecular complexity index is 477. The third kappa shape index (κ3) is 2.94. The van der Waals surface area contributed by atoms with Crippen LogP contribution in [-0.4, -0.2) is 34.2 Å². The fraction of sp³-hybridized carbons (Fsp3) is 0.500. The van der Waals surface area contributed by atoms with Crippen LogP contribution in [0, 0.1) is 6.92 Å². The van der Waals surface area contributed by atoms with Crippen molar-refractivity contribution in [3.8, 4) is 0 Å². The lowest BCUT2D eigenvalue weighted by Gasteiger charge is -2.01. The van der Waals surface area contributed by atoms with Crippen LogP contribution < -0.4 is 10.6 Å². The van der Waals surface area contributed by atoms with E-state index in [0.717, 1.165) is 37.4 Å². The number of anilines is 1. The van der Waals surface area contributed by atoms with Crippen molar-refractivity contribution in [2.45, 2.75) is 20.3 Å². The summed E-state index contributed by atoms with van der Waals surface area (Å²) in [4.78, 5) is 4.41. The number of hydrogen-bond donors (Lipinski definition) is 2. The molecule has 0 bridgehead atoms. The van der Waals surface area contributed by atoms with Crippen molar-refractivity contribution in [1.29, 1.82) is 0 Å². The van der Waals surface area contributed by atoms with Gasteiger partial charge in [-0.3, -0.25) is 0 Å². The van der Waals surface area contributed by atoms with Gasteiger partial charge in [0.1, 0.15) is 0 Å². The van der Waals surface area contributed by atoms with Gasteiger partial charge in [-0.15, -0.1) is 5.10 Å². The van der Waals surface area contributed by atoms with Crippen molar-refractivity contribution in [2.24, 2.45) is 0 Å². The molecule has 5 heteroatoms. The van der Waals surface area contributed by atoms with Crippen LogP contribution in [0.3, 0.4) is 0 Å². The molecule has 2 N–H and O–H groups in total. The molecule has 0 aliphatic heterocycles. The Kier molecular flexibility index (Phi) is 3.93. The fourth-order valence-corrected chi connectivity index (χ4v) is 1.70. The van der Waals surface area contributed by atoms with Crippen molar-refractivity contribution in [2.75, 3.05) is 25.0 Å². The summed E-state index contributed by atoms with van der Waals surface area (Å²) in [6.45, 7) is 7.07. The molecule has 0 saturated carbocycles. The molecule has 0 amide bonds. The lowest BCUT2D eigenvalue weighted by molar-refractivity contribution is 0.687. The summed E-state index contributed by atoms with van der Waals surface area (Å²) in [7, 11) is 0. The molecular weight excluding hydrogens is 214 g/mol. The van der Waals surface area contributed by atoms with E-state index in [0.29, 0.717) is 5.95 Å². The molecule has 2 aromatic rings. The molecule has 0 aliphatic rings. The minimum absolute atomic E-state index is 0.704.